The average Bonchev–Trinajstić information content (AvgIpc) is 2.57. The van der Waals surface area contributed by atoms with E-state index in [-0.39, 0.29) is 17.5 Å². The molecule has 2 N–H and O–H groups in total. The third-order valence-electron chi connectivity index (χ3n) is 3.48. The maximum atomic E-state index is 12.4. The van der Waals surface area contributed by atoms with Gasteiger partial charge in [-0.25, -0.2) is 0 Å². The first-order chi connectivity index (χ1) is 11.5. The van der Waals surface area contributed by atoms with Crippen molar-refractivity contribution >= 4 is 17.5 Å². The molecule has 126 valence electrons. The molecule has 0 atom stereocenters. The van der Waals surface area contributed by atoms with Gasteiger partial charge in [-0.2, -0.15) is 0 Å². The van der Waals surface area contributed by atoms with Crippen molar-refractivity contribution in [3.05, 3.63) is 58.9 Å². The van der Waals surface area contributed by atoms with Gasteiger partial charge in [-0.1, -0.05) is 17.7 Å². The third-order valence-corrected chi connectivity index (χ3v) is 3.48. The summed E-state index contributed by atoms with van der Waals surface area (Å²) in [5.41, 5.74) is 3.39. The van der Waals surface area contributed by atoms with Crippen LogP contribution >= 0.6 is 0 Å². The van der Waals surface area contributed by atoms with E-state index in [0.29, 0.717) is 18.7 Å². The molecule has 0 aliphatic rings. The quantitative estimate of drug-likeness (QED) is 0.798. The number of ether oxygens (including phenoxy) is 1. The Labute approximate surface area is 141 Å². The zero-order chi connectivity index (χ0) is 17.5. The molecule has 6 heteroatoms. The molecule has 1 aromatic heterocycles. The Hall–Kier alpha value is -2.73. The minimum atomic E-state index is -0.353. The van der Waals surface area contributed by atoms with Gasteiger partial charge in [0.2, 0.25) is 0 Å². The van der Waals surface area contributed by atoms with Crippen molar-refractivity contribution in [1.29, 1.82) is 0 Å². The van der Waals surface area contributed by atoms with Gasteiger partial charge < -0.3 is 15.4 Å². The first-order valence-electron chi connectivity index (χ1n) is 7.63. The molecule has 1 heterocycles. The second-order valence-corrected chi connectivity index (χ2v) is 5.45. The van der Waals surface area contributed by atoms with Crippen molar-refractivity contribution in [1.82, 2.24) is 10.3 Å². The van der Waals surface area contributed by atoms with Crippen LogP contribution < -0.4 is 10.6 Å². The normalized spacial score (nSPS) is 10.3. The zero-order valence-electron chi connectivity index (χ0n) is 14.1. The van der Waals surface area contributed by atoms with Gasteiger partial charge in [0.25, 0.3) is 11.8 Å². The average molecular weight is 327 g/mol. The summed E-state index contributed by atoms with van der Waals surface area (Å²) in [5, 5.41) is 5.53. The van der Waals surface area contributed by atoms with Crippen molar-refractivity contribution in [2.45, 2.75) is 13.8 Å². The molecule has 0 radical (unpaired) electrons. The summed E-state index contributed by atoms with van der Waals surface area (Å²) in [5.74, 6) is -0.622. The van der Waals surface area contributed by atoms with Crippen LogP contribution in [-0.2, 0) is 4.74 Å². The molecule has 1 aromatic carbocycles. The van der Waals surface area contributed by atoms with Crippen LogP contribution in [0.5, 0.6) is 0 Å². The van der Waals surface area contributed by atoms with Crippen LogP contribution in [0.3, 0.4) is 0 Å². The van der Waals surface area contributed by atoms with Gasteiger partial charge >= 0.3 is 0 Å². The lowest BCUT2D eigenvalue weighted by atomic mass is 10.1. The number of carbonyl (C=O) groups excluding carboxylic acids is 2. The summed E-state index contributed by atoms with van der Waals surface area (Å²) in [6, 6.07) is 8.80. The number of aryl methyl sites for hydroxylation is 2. The van der Waals surface area contributed by atoms with Gasteiger partial charge in [0.1, 0.15) is 5.69 Å². The Morgan fingerprint density at radius 2 is 1.92 bits per heavy atom. The largest absolute Gasteiger partial charge is 0.383 e. The highest BCUT2D eigenvalue weighted by Gasteiger charge is 2.12. The number of nitrogens with zero attached hydrogens (tertiary/aromatic N) is 1. The number of benzene rings is 1. The van der Waals surface area contributed by atoms with Crippen molar-refractivity contribution < 1.29 is 14.3 Å². The van der Waals surface area contributed by atoms with E-state index in [9.17, 15) is 9.59 Å². The number of aromatic nitrogens is 1. The van der Waals surface area contributed by atoms with Crippen LogP contribution in [0.2, 0.25) is 0 Å². The molecular formula is C18H21N3O3. The number of methoxy groups -OCH3 is 1. The van der Waals surface area contributed by atoms with E-state index < -0.39 is 0 Å². The van der Waals surface area contributed by atoms with Crippen LogP contribution in [0.25, 0.3) is 0 Å². The van der Waals surface area contributed by atoms with Crippen molar-refractivity contribution in [2.24, 2.45) is 0 Å². The maximum absolute atomic E-state index is 12.4. The molecule has 0 bridgehead atoms. The minimum Gasteiger partial charge on any atom is -0.383 e. The number of pyridine rings is 1. The van der Waals surface area contributed by atoms with Gasteiger partial charge in [-0.15, -0.1) is 0 Å². The number of amides is 2. The van der Waals surface area contributed by atoms with Gasteiger partial charge in [0.15, 0.2) is 0 Å². The number of anilines is 1. The second-order valence-electron chi connectivity index (χ2n) is 5.45. The summed E-state index contributed by atoms with van der Waals surface area (Å²) in [6.07, 6.45) is 1.45. The Kier molecular flexibility index (Phi) is 6.03. The molecular weight excluding hydrogens is 306 g/mol. The maximum Gasteiger partial charge on any atom is 0.274 e. The van der Waals surface area contributed by atoms with Gasteiger partial charge in [0.05, 0.1) is 6.61 Å². The summed E-state index contributed by atoms with van der Waals surface area (Å²) >= 11 is 0. The number of rotatable bonds is 6. The molecule has 2 aromatic rings. The third kappa shape index (κ3) is 4.63. The molecule has 2 amide bonds. The van der Waals surface area contributed by atoms with Crippen molar-refractivity contribution in [3.8, 4) is 0 Å². The first-order valence-corrected chi connectivity index (χ1v) is 7.63. The van der Waals surface area contributed by atoms with Crippen LogP contribution in [0.4, 0.5) is 5.69 Å². The van der Waals surface area contributed by atoms with E-state index in [0.717, 1.165) is 16.8 Å². The van der Waals surface area contributed by atoms with Crippen molar-refractivity contribution in [2.75, 3.05) is 25.6 Å². The highest BCUT2D eigenvalue weighted by atomic mass is 16.5. The fourth-order valence-corrected chi connectivity index (χ4v) is 2.20. The molecule has 0 aliphatic carbocycles. The van der Waals surface area contributed by atoms with E-state index in [1.54, 1.807) is 13.2 Å². The smallest absolute Gasteiger partial charge is 0.274 e. The molecule has 0 saturated heterocycles. The molecule has 24 heavy (non-hydrogen) atoms. The lowest BCUT2D eigenvalue weighted by molar-refractivity contribution is 0.0937. The van der Waals surface area contributed by atoms with Crippen LogP contribution in [0.15, 0.2) is 36.5 Å². The molecule has 2 rings (SSSR count). The zero-order valence-corrected chi connectivity index (χ0v) is 14.1. The Morgan fingerprint density at radius 1 is 1.12 bits per heavy atom. The SMILES string of the molecule is COCCNC(=O)c1ccnc(C(=O)Nc2ccc(C)cc2C)c1. The topological polar surface area (TPSA) is 80.3 Å². The number of nitrogens with one attached hydrogen (secondary N) is 2. The Bertz CT molecular complexity index is 744. The second kappa shape index (κ2) is 8.21. The monoisotopic (exact) mass is 327 g/mol. The summed E-state index contributed by atoms with van der Waals surface area (Å²) in [6.45, 7) is 4.75. The van der Waals surface area contributed by atoms with Crippen LogP contribution in [-0.4, -0.2) is 37.1 Å². The fourth-order valence-electron chi connectivity index (χ4n) is 2.20. The molecule has 0 saturated carbocycles. The lowest BCUT2D eigenvalue weighted by Crippen LogP contribution is -2.27. The molecule has 0 aliphatic heterocycles. The van der Waals surface area contributed by atoms with Crippen LogP contribution in [0.1, 0.15) is 32.0 Å². The Balaban J connectivity index is 2.09. The summed E-state index contributed by atoms with van der Waals surface area (Å²) in [4.78, 5) is 28.4. The summed E-state index contributed by atoms with van der Waals surface area (Å²) < 4.78 is 4.88. The lowest BCUT2D eigenvalue weighted by Gasteiger charge is -2.09. The van der Waals surface area contributed by atoms with Gasteiger partial charge in [-0.05, 0) is 37.6 Å². The number of carbonyl (C=O) groups is 2. The van der Waals surface area contributed by atoms with Crippen molar-refractivity contribution in [3.63, 3.8) is 0 Å². The van der Waals surface area contributed by atoms with E-state index in [4.69, 9.17) is 4.74 Å². The van der Waals surface area contributed by atoms with Gasteiger partial charge in [-0.3, -0.25) is 14.6 Å². The number of hydrogen-bond acceptors (Lipinski definition) is 4. The first kappa shape index (κ1) is 17.6. The number of hydrogen-bond donors (Lipinski definition) is 2. The van der Waals surface area contributed by atoms with E-state index in [1.165, 1.54) is 12.3 Å². The molecule has 0 spiro atoms. The van der Waals surface area contributed by atoms with E-state index >= 15 is 0 Å². The standard InChI is InChI=1S/C18H21N3O3/c1-12-4-5-15(13(2)10-12)21-18(23)16-11-14(6-7-19-16)17(22)20-8-9-24-3/h4-7,10-11H,8-9H2,1-3H3,(H,20,22)(H,21,23). The molecule has 6 nitrogen and oxygen atoms in total. The molecule has 0 fully saturated rings. The predicted molar refractivity (Wildman–Crippen MR) is 92.3 cm³/mol. The highest BCUT2D eigenvalue weighted by molar-refractivity contribution is 6.05. The van der Waals surface area contributed by atoms with Gasteiger partial charge in [0, 0.05) is 31.1 Å². The predicted octanol–water partition coefficient (Wildman–Crippen LogP) is 2.33. The van der Waals surface area contributed by atoms with E-state index in [2.05, 4.69) is 15.6 Å². The molecule has 0 unspecified atom stereocenters. The van der Waals surface area contributed by atoms with E-state index in [1.807, 2.05) is 32.0 Å². The van der Waals surface area contributed by atoms with Crippen LogP contribution in [0, 0.1) is 13.8 Å². The fraction of sp³-hybridized carbons (Fsp3) is 0.278. The summed E-state index contributed by atoms with van der Waals surface area (Å²) in [7, 11) is 1.56. The minimum absolute atomic E-state index is 0.189. The Morgan fingerprint density at radius 3 is 2.62 bits per heavy atom. The highest BCUT2D eigenvalue weighted by Crippen LogP contribution is 2.17.